The highest BCUT2D eigenvalue weighted by Crippen LogP contribution is 2.26. The molecule has 21 heavy (non-hydrogen) atoms. The smallest absolute Gasteiger partial charge is 0.404 e. The average molecular weight is 333 g/mol. The van der Waals surface area contributed by atoms with Crippen LogP contribution in [0.5, 0.6) is 5.75 Å². The number of benzene rings is 1. The summed E-state index contributed by atoms with van der Waals surface area (Å²) in [5.41, 5.74) is 0.220. The Bertz CT molecular complexity index is 600. The number of hydrogen-bond donors (Lipinski definition) is 1. The normalized spacial score (nSPS) is 14.3. The standard InChI is InChI=1S/C11H12F5NO3S/c1-6-3-4-8(5-9(6)20-10(12)13)21(18,19)17-7(2)11(14,15)16/h3-5,7,10,17H,1-2H3/t7-/m0/s1. The van der Waals surface area contributed by atoms with Gasteiger partial charge in [0.1, 0.15) is 11.8 Å². The van der Waals surface area contributed by atoms with Crippen molar-refractivity contribution in [2.24, 2.45) is 0 Å². The molecule has 1 aromatic carbocycles. The van der Waals surface area contributed by atoms with Crippen LogP contribution in [0, 0.1) is 6.92 Å². The summed E-state index contributed by atoms with van der Waals surface area (Å²) in [6.07, 6.45) is -4.76. The van der Waals surface area contributed by atoms with Gasteiger partial charge in [0.15, 0.2) is 0 Å². The minimum Gasteiger partial charge on any atom is -0.435 e. The van der Waals surface area contributed by atoms with Crippen LogP contribution >= 0.6 is 0 Å². The van der Waals surface area contributed by atoms with Crippen LogP contribution in [0.25, 0.3) is 0 Å². The number of aryl methyl sites for hydroxylation is 1. The fraction of sp³-hybridized carbons (Fsp3) is 0.455. The number of ether oxygens (including phenoxy) is 1. The van der Waals surface area contributed by atoms with Crippen molar-refractivity contribution in [1.29, 1.82) is 0 Å². The van der Waals surface area contributed by atoms with Crippen LogP contribution in [-0.2, 0) is 10.0 Å². The number of sulfonamides is 1. The van der Waals surface area contributed by atoms with Gasteiger partial charge in [-0.3, -0.25) is 0 Å². The quantitative estimate of drug-likeness (QED) is 0.843. The summed E-state index contributed by atoms with van der Waals surface area (Å²) in [4.78, 5) is -0.597. The Morgan fingerprint density at radius 3 is 2.29 bits per heavy atom. The molecule has 0 aliphatic heterocycles. The van der Waals surface area contributed by atoms with E-state index in [0.717, 1.165) is 18.2 Å². The van der Waals surface area contributed by atoms with Gasteiger partial charge in [0, 0.05) is 6.07 Å². The molecule has 0 bridgehead atoms. The predicted molar refractivity (Wildman–Crippen MR) is 63.6 cm³/mol. The van der Waals surface area contributed by atoms with Crippen LogP contribution in [0.2, 0.25) is 0 Å². The largest absolute Gasteiger partial charge is 0.435 e. The third kappa shape index (κ3) is 4.81. The summed E-state index contributed by atoms with van der Waals surface area (Å²) >= 11 is 0. The highest BCUT2D eigenvalue weighted by atomic mass is 32.2. The van der Waals surface area contributed by atoms with E-state index in [0.29, 0.717) is 6.92 Å². The second-order valence-electron chi connectivity index (χ2n) is 4.19. The molecular formula is C11H12F5NO3S. The molecule has 1 atom stereocenters. The zero-order chi connectivity index (χ0) is 16.4. The van der Waals surface area contributed by atoms with Gasteiger partial charge in [0.2, 0.25) is 10.0 Å². The Balaban J connectivity index is 3.09. The molecule has 120 valence electrons. The van der Waals surface area contributed by atoms with Crippen molar-refractivity contribution in [2.75, 3.05) is 0 Å². The van der Waals surface area contributed by atoms with Crippen molar-refractivity contribution < 1.29 is 35.1 Å². The maximum Gasteiger partial charge on any atom is 0.404 e. The first-order chi connectivity index (χ1) is 9.43. The lowest BCUT2D eigenvalue weighted by atomic mass is 10.2. The summed E-state index contributed by atoms with van der Waals surface area (Å²) in [6, 6.07) is 0.583. The van der Waals surface area contributed by atoms with Gasteiger partial charge in [-0.25, -0.2) is 8.42 Å². The molecule has 1 rings (SSSR count). The van der Waals surface area contributed by atoms with Crippen LogP contribution in [0.3, 0.4) is 0 Å². The molecule has 0 saturated heterocycles. The Kier molecular flexibility index (Phi) is 5.16. The van der Waals surface area contributed by atoms with E-state index in [9.17, 15) is 30.4 Å². The van der Waals surface area contributed by atoms with E-state index < -0.39 is 39.5 Å². The van der Waals surface area contributed by atoms with Crippen LogP contribution in [0.1, 0.15) is 12.5 Å². The number of hydrogen-bond acceptors (Lipinski definition) is 3. The number of halogens is 5. The van der Waals surface area contributed by atoms with Gasteiger partial charge in [0.05, 0.1) is 4.90 Å². The number of nitrogens with one attached hydrogen (secondary N) is 1. The lowest BCUT2D eigenvalue weighted by molar-refractivity contribution is -0.147. The molecule has 1 N–H and O–H groups in total. The second-order valence-corrected chi connectivity index (χ2v) is 5.90. The van der Waals surface area contributed by atoms with E-state index >= 15 is 0 Å². The molecule has 0 aromatic heterocycles. The molecule has 4 nitrogen and oxygen atoms in total. The molecule has 0 heterocycles. The predicted octanol–water partition coefficient (Wildman–Crippen LogP) is 2.83. The Hall–Kier alpha value is -1.42. The Morgan fingerprint density at radius 1 is 1.24 bits per heavy atom. The van der Waals surface area contributed by atoms with Crippen molar-refractivity contribution in [3.8, 4) is 5.75 Å². The third-order valence-electron chi connectivity index (χ3n) is 2.51. The monoisotopic (exact) mass is 333 g/mol. The van der Waals surface area contributed by atoms with Crippen molar-refractivity contribution in [3.63, 3.8) is 0 Å². The topological polar surface area (TPSA) is 55.4 Å². The van der Waals surface area contributed by atoms with E-state index in [-0.39, 0.29) is 5.56 Å². The molecule has 0 saturated carbocycles. The van der Waals surface area contributed by atoms with Gasteiger partial charge in [0.25, 0.3) is 0 Å². The van der Waals surface area contributed by atoms with Gasteiger partial charge in [-0.05, 0) is 25.5 Å². The molecule has 1 aromatic rings. The minimum absolute atomic E-state index is 0.220. The van der Waals surface area contributed by atoms with Crippen LogP contribution < -0.4 is 9.46 Å². The molecule has 0 radical (unpaired) electrons. The summed E-state index contributed by atoms with van der Waals surface area (Å²) in [5, 5.41) is 0. The fourth-order valence-corrected chi connectivity index (χ4v) is 2.58. The van der Waals surface area contributed by atoms with Crippen molar-refractivity contribution in [1.82, 2.24) is 4.72 Å². The first-order valence-corrected chi connectivity index (χ1v) is 7.06. The van der Waals surface area contributed by atoms with E-state index in [1.165, 1.54) is 11.6 Å². The molecular weight excluding hydrogens is 321 g/mol. The lowest BCUT2D eigenvalue weighted by Crippen LogP contribution is -2.42. The second kappa shape index (κ2) is 6.14. The summed E-state index contributed by atoms with van der Waals surface area (Å²) in [5.74, 6) is -0.424. The summed E-state index contributed by atoms with van der Waals surface area (Å²) in [6.45, 7) is -1.16. The fourth-order valence-electron chi connectivity index (χ4n) is 1.34. The van der Waals surface area contributed by atoms with E-state index in [4.69, 9.17) is 0 Å². The van der Waals surface area contributed by atoms with Crippen molar-refractivity contribution in [2.45, 2.75) is 37.6 Å². The van der Waals surface area contributed by atoms with Gasteiger partial charge in [-0.15, -0.1) is 0 Å². The first-order valence-electron chi connectivity index (χ1n) is 5.58. The number of rotatable bonds is 5. The Labute approximate surface area is 118 Å². The maximum absolute atomic E-state index is 12.4. The maximum atomic E-state index is 12.4. The molecule has 10 heteroatoms. The average Bonchev–Trinajstić information content (AvgIpc) is 2.29. The third-order valence-corrected chi connectivity index (χ3v) is 4.05. The SMILES string of the molecule is Cc1ccc(S(=O)(=O)N[C@@H](C)C(F)(F)F)cc1OC(F)F. The highest BCUT2D eigenvalue weighted by Gasteiger charge is 2.38. The molecule has 0 amide bonds. The summed E-state index contributed by atoms with van der Waals surface area (Å²) in [7, 11) is -4.51. The zero-order valence-electron chi connectivity index (χ0n) is 10.9. The van der Waals surface area contributed by atoms with Crippen LogP contribution in [0.4, 0.5) is 22.0 Å². The molecule has 0 unspecified atom stereocenters. The van der Waals surface area contributed by atoms with Gasteiger partial charge in [-0.2, -0.15) is 26.7 Å². The van der Waals surface area contributed by atoms with Gasteiger partial charge in [-0.1, -0.05) is 6.07 Å². The van der Waals surface area contributed by atoms with E-state index in [2.05, 4.69) is 4.74 Å². The lowest BCUT2D eigenvalue weighted by Gasteiger charge is -2.18. The highest BCUT2D eigenvalue weighted by molar-refractivity contribution is 7.89. The van der Waals surface area contributed by atoms with Crippen LogP contribution in [-0.4, -0.2) is 27.2 Å². The molecule has 0 fully saturated rings. The molecule has 0 aliphatic rings. The molecule has 0 aliphatic carbocycles. The van der Waals surface area contributed by atoms with Gasteiger partial charge >= 0.3 is 12.8 Å². The molecule has 0 spiro atoms. The van der Waals surface area contributed by atoms with Crippen molar-refractivity contribution >= 4 is 10.0 Å². The van der Waals surface area contributed by atoms with Crippen molar-refractivity contribution in [3.05, 3.63) is 23.8 Å². The first kappa shape index (κ1) is 17.6. The number of alkyl halides is 5. The Morgan fingerprint density at radius 2 is 1.81 bits per heavy atom. The van der Waals surface area contributed by atoms with E-state index in [1.54, 1.807) is 0 Å². The summed E-state index contributed by atoms with van der Waals surface area (Å²) < 4.78 is 90.5. The minimum atomic E-state index is -4.76. The zero-order valence-corrected chi connectivity index (χ0v) is 11.7. The van der Waals surface area contributed by atoms with Crippen LogP contribution in [0.15, 0.2) is 23.1 Å². The van der Waals surface area contributed by atoms with E-state index in [1.807, 2.05) is 0 Å². The van der Waals surface area contributed by atoms with Gasteiger partial charge < -0.3 is 4.74 Å².